The molecular formula is C20H29N3O5S. The summed E-state index contributed by atoms with van der Waals surface area (Å²) < 4.78 is 32.6. The lowest BCUT2D eigenvalue weighted by atomic mass is 9.95. The van der Waals surface area contributed by atoms with Gasteiger partial charge in [-0.1, -0.05) is 0 Å². The van der Waals surface area contributed by atoms with Gasteiger partial charge >= 0.3 is 0 Å². The molecule has 3 rings (SSSR count). The lowest BCUT2D eigenvalue weighted by molar-refractivity contribution is -0.140. The fraction of sp³-hybridized carbons (Fsp3) is 0.600. The van der Waals surface area contributed by atoms with Crippen LogP contribution in [0.4, 0.5) is 0 Å². The molecule has 0 unspecified atom stereocenters. The number of hydrogen-bond acceptors (Lipinski definition) is 5. The van der Waals surface area contributed by atoms with E-state index in [1.165, 1.54) is 19.2 Å². The second kappa shape index (κ2) is 9.13. The van der Waals surface area contributed by atoms with Gasteiger partial charge in [-0.25, -0.2) is 8.42 Å². The van der Waals surface area contributed by atoms with Crippen molar-refractivity contribution >= 4 is 21.8 Å². The fourth-order valence-corrected chi connectivity index (χ4v) is 5.12. The second-order valence-electron chi connectivity index (χ2n) is 7.65. The number of ether oxygens (including phenoxy) is 1. The Bertz CT molecular complexity index is 826. The minimum Gasteiger partial charge on any atom is -0.497 e. The minimum atomic E-state index is -3.82. The van der Waals surface area contributed by atoms with Crippen LogP contribution in [0, 0.1) is 5.92 Å². The Balaban J connectivity index is 1.54. The van der Waals surface area contributed by atoms with Gasteiger partial charge in [0.25, 0.3) is 0 Å². The third-order valence-corrected chi connectivity index (χ3v) is 7.20. The van der Waals surface area contributed by atoms with Crippen LogP contribution < -0.4 is 9.46 Å². The number of benzene rings is 1. The molecule has 0 bridgehead atoms. The van der Waals surface area contributed by atoms with E-state index in [0.29, 0.717) is 31.7 Å². The lowest BCUT2D eigenvalue weighted by Gasteiger charge is -2.34. The molecule has 0 spiro atoms. The molecule has 1 atom stereocenters. The van der Waals surface area contributed by atoms with Crippen LogP contribution in [0.3, 0.4) is 0 Å². The first kappa shape index (κ1) is 21.6. The molecule has 2 aliphatic heterocycles. The van der Waals surface area contributed by atoms with Gasteiger partial charge in [-0.15, -0.1) is 0 Å². The van der Waals surface area contributed by atoms with Gasteiger partial charge in [-0.05, 0) is 56.9 Å². The van der Waals surface area contributed by atoms with Crippen molar-refractivity contribution in [2.75, 3.05) is 33.3 Å². The van der Waals surface area contributed by atoms with E-state index < -0.39 is 16.1 Å². The van der Waals surface area contributed by atoms with E-state index in [9.17, 15) is 18.0 Å². The van der Waals surface area contributed by atoms with Crippen molar-refractivity contribution < 1.29 is 22.7 Å². The zero-order valence-electron chi connectivity index (χ0n) is 17.0. The van der Waals surface area contributed by atoms with Crippen molar-refractivity contribution in [2.45, 2.75) is 43.5 Å². The Morgan fingerprint density at radius 2 is 1.62 bits per heavy atom. The van der Waals surface area contributed by atoms with Gasteiger partial charge in [0.15, 0.2) is 0 Å². The highest BCUT2D eigenvalue weighted by Gasteiger charge is 2.33. The zero-order valence-corrected chi connectivity index (χ0v) is 17.8. The third-order valence-electron chi connectivity index (χ3n) is 5.65. The predicted molar refractivity (Wildman–Crippen MR) is 108 cm³/mol. The first-order valence-electron chi connectivity index (χ1n) is 10.1. The van der Waals surface area contributed by atoms with Crippen molar-refractivity contribution in [3.05, 3.63) is 24.3 Å². The molecule has 0 aromatic heterocycles. The average Bonchev–Trinajstić information content (AvgIpc) is 3.27. The number of likely N-dealkylation sites (tertiary alicyclic amines) is 2. The molecule has 1 aromatic rings. The summed E-state index contributed by atoms with van der Waals surface area (Å²) >= 11 is 0. The molecule has 29 heavy (non-hydrogen) atoms. The summed E-state index contributed by atoms with van der Waals surface area (Å²) in [5.74, 6) is 0.444. The standard InChI is InChI=1S/C20H29N3O5S/c1-15(21-29(26,27)18-7-5-17(28-2)6-8-18)19(24)23-13-9-16(10-14-23)20(25)22-11-3-4-12-22/h5-8,15-16,21H,3-4,9-14H2,1-2H3/t15-/m0/s1. The lowest BCUT2D eigenvalue weighted by Crippen LogP contribution is -2.50. The van der Waals surface area contributed by atoms with E-state index >= 15 is 0 Å². The van der Waals surface area contributed by atoms with Gasteiger partial charge in [0.1, 0.15) is 5.75 Å². The Hall–Kier alpha value is -2.13. The molecule has 0 radical (unpaired) electrons. The van der Waals surface area contributed by atoms with Gasteiger partial charge in [0.05, 0.1) is 18.0 Å². The molecule has 8 nitrogen and oxygen atoms in total. The second-order valence-corrected chi connectivity index (χ2v) is 9.36. The summed E-state index contributed by atoms with van der Waals surface area (Å²) in [5, 5.41) is 0. The van der Waals surface area contributed by atoms with Crippen molar-refractivity contribution in [1.82, 2.24) is 14.5 Å². The molecule has 2 saturated heterocycles. The number of methoxy groups -OCH3 is 1. The third kappa shape index (κ3) is 5.08. The minimum absolute atomic E-state index is 0.0385. The van der Waals surface area contributed by atoms with E-state index in [4.69, 9.17) is 4.74 Å². The largest absolute Gasteiger partial charge is 0.497 e. The molecule has 1 N–H and O–H groups in total. The molecule has 9 heteroatoms. The van der Waals surface area contributed by atoms with E-state index in [-0.39, 0.29) is 22.6 Å². The van der Waals surface area contributed by atoms with Crippen LogP contribution in [0.2, 0.25) is 0 Å². The SMILES string of the molecule is COc1ccc(S(=O)(=O)N[C@@H](C)C(=O)N2CCC(C(=O)N3CCCC3)CC2)cc1. The fourth-order valence-electron chi connectivity index (χ4n) is 3.92. The molecule has 2 fully saturated rings. The highest BCUT2D eigenvalue weighted by Crippen LogP contribution is 2.23. The number of hydrogen-bond donors (Lipinski definition) is 1. The molecule has 2 heterocycles. The quantitative estimate of drug-likeness (QED) is 0.742. The van der Waals surface area contributed by atoms with E-state index in [0.717, 1.165) is 25.9 Å². The van der Waals surface area contributed by atoms with Gasteiger partial charge < -0.3 is 14.5 Å². The molecular weight excluding hydrogens is 394 g/mol. The van der Waals surface area contributed by atoms with Crippen molar-refractivity contribution in [3.8, 4) is 5.75 Å². The summed E-state index contributed by atoms with van der Waals surface area (Å²) in [6, 6.07) is 5.11. The van der Waals surface area contributed by atoms with Crippen molar-refractivity contribution in [1.29, 1.82) is 0 Å². The Morgan fingerprint density at radius 3 is 2.17 bits per heavy atom. The van der Waals surface area contributed by atoms with Crippen LogP contribution in [0.5, 0.6) is 5.75 Å². The normalized spacial score (nSPS) is 19.2. The summed E-state index contributed by atoms with van der Waals surface area (Å²) in [6.45, 7) is 4.16. The average molecular weight is 424 g/mol. The summed E-state index contributed by atoms with van der Waals surface area (Å²) in [4.78, 5) is 28.9. The van der Waals surface area contributed by atoms with Crippen molar-refractivity contribution in [3.63, 3.8) is 0 Å². The number of rotatable bonds is 6. The number of carbonyl (C=O) groups is 2. The Labute approximate surface area is 172 Å². The summed E-state index contributed by atoms with van der Waals surface area (Å²) in [6.07, 6.45) is 3.38. The van der Waals surface area contributed by atoms with Gasteiger partial charge in [0.2, 0.25) is 21.8 Å². The number of piperidine rings is 1. The number of sulfonamides is 1. The number of amides is 2. The first-order chi connectivity index (χ1) is 13.8. The van der Waals surface area contributed by atoms with Crippen LogP contribution in [-0.4, -0.2) is 69.4 Å². The highest BCUT2D eigenvalue weighted by atomic mass is 32.2. The molecule has 1 aromatic carbocycles. The van der Waals surface area contributed by atoms with Crippen LogP contribution in [0.25, 0.3) is 0 Å². The van der Waals surface area contributed by atoms with Crippen LogP contribution >= 0.6 is 0 Å². The van der Waals surface area contributed by atoms with Crippen LogP contribution in [0.1, 0.15) is 32.6 Å². The monoisotopic (exact) mass is 423 g/mol. The number of carbonyl (C=O) groups excluding carboxylic acids is 2. The van der Waals surface area contributed by atoms with E-state index in [1.54, 1.807) is 24.0 Å². The number of nitrogens with zero attached hydrogens (tertiary/aromatic N) is 2. The smallest absolute Gasteiger partial charge is 0.241 e. The summed E-state index contributed by atoms with van der Waals surface area (Å²) in [7, 11) is -2.31. The molecule has 160 valence electrons. The molecule has 2 aliphatic rings. The number of nitrogens with one attached hydrogen (secondary N) is 1. The maximum Gasteiger partial charge on any atom is 0.241 e. The molecule has 2 amide bonds. The van der Waals surface area contributed by atoms with E-state index in [2.05, 4.69) is 4.72 Å². The maximum absolute atomic E-state index is 12.7. The maximum atomic E-state index is 12.7. The Morgan fingerprint density at radius 1 is 1.03 bits per heavy atom. The van der Waals surface area contributed by atoms with Crippen LogP contribution in [0.15, 0.2) is 29.2 Å². The topological polar surface area (TPSA) is 96.0 Å². The van der Waals surface area contributed by atoms with Gasteiger partial charge in [-0.2, -0.15) is 4.72 Å². The highest BCUT2D eigenvalue weighted by molar-refractivity contribution is 7.89. The molecule has 0 aliphatic carbocycles. The Kier molecular flexibility index (Phi) is 6.79. The summed E-state index contributed by atoms with van der Waals surface area (Å²) in [5.41, 5.74) is 0. The molecule has 0 saturated carbocycles. The predicted octanol–water partition coefficient (Wildman–Crippen LogP) is 1.22. The van der Waals surface area contributed by atoms with E-state index in [1.807, 2.05) is 4.90 Å². The van der Waals surface area contributed by atoms with Gasteiger partial charge in [0, 0.05) is 32.1 Å². The zero-order chi connectivity index (χ0) is 21.0. The first-order valence-corrected chi connectivity index (χ1v) is 11.5. The van der Waals surface area contributed by atoms with Gasteiger partial charge in [-0.3, -0.25) is 9.59 Å². The van der Waals surface area contributed by atoms with Crippen molar-refractivity contribution in [2.24, 2.45) is 5.92 Å². The van der Waals surface area contributed by atoms with Crippen LogP contribution in [-0.2, 0) is 19.6 Å².